The average Bonchev–Trinajstić information content (AvgIpc) is 2.80. The number of benzene rings is 2. The van der Waals surface area contributed by atoms with Gasteiger partial charge < -0.3 is 12.2 Å². The van der Waals surface area contributed by atoms with Gasteiger partial charge in [-0.05, 0) is 25.1 Å². The van der Waals surface area contributed by atoms with Crippen molar-refractivity contribution in [2.24, 2.45) is 15.1 Å². The molecule has 0 spiro atoms. The fraction of sp³-hybridized carbons (Fsp3) is 0.292. The summed E-state index contributed by atoms with van der Waals surface area (Å²) in [6.45, 7) is 11.5. The zero-order valence-corrected chi connectivity index (χ0v) is 20.1. The summed E-state index contributed by atoms with van der Waals surface area (Å²) in [5.74, 6) is -0.539. The monoisotopic (exact) mass is 546 g/mol. The number of nitrogens with one attached hydrogen (secondary N) is 3. The van der Waals surface area contributed by atoms with E-state index in [2.05, 4.69) is 46.8 Å². The summed E-state index contributed by atoms with van der Waals surface area (Å²) in [6, 6.07) is 10.1. The Labute approximate surface area is 215 Å². The van der Waals surface area contributed by atoms with Crippen LogP contribution in [-0.2, 0) is 32.7 Å². The standard InChI is InChI=1S/C18H14F3N4O3.C6H12N.Ni/c1-11(28-22)23-17(27)25-15-9-13(18(19,20)21)8-14(10-15)24-16(26)7-12-5-3-2-4-6-12;1-6-3-2-4-7-5-6;/h1-6,8-10H,7H2,(H,24,26)(H2,23,25,27);6-7H,1-5H2;/q2*-1;/p-1. The van der Waals surface area contributed by atoms with Gasteiger partial charge in [-0.25, -0.2) is 0 Å². The molecule has 2 aromatic carbocycles. The Balaban J connectivity index is 0.000000558. The van der Waals surface area contributed by atoms with Crippen molar-refractivity contribution < 1.29 is 43.2 Å². The molecule has 1 aliphatic heterocycles. The molecule has 2 amide bonds. The third kappa shape index (κ3) is 11.0. The Morgan fingerprint density at radius 1 is 1.28 bits per heavy atom. The van der Waals surface area contributed by atoms with Gasteiger partial charge in [0.1, 0.15) is 0 Å². The first-order chi connectivity index (χ1) is 17.1. The number of nitrogens with zero attached hydrogens (tertiary/aromatic N) is 2. The van der Waals surface area contributed by atoms with Gasteiger partial charge in [0.05, 0.1) is 0 Å². The first kappa shape index (κ1) is 29.0. The zero-order chi connectivity index (χ0) is 26.6. The second kappa shape index (κ2) is 14.4. The molecule has 0 saturated carbocycles. The van der Waals surface area contributed by atoms with E-state index in [1.807, 2.05) is 5.32 Å². The number of hydrogen-bond acceptors (Lipinski definition) is 6. The number of halogens is 3. The molecular formula is C24H25F3N5NiO3-3. The summed E-state index contributed by atoms with van der Waals surface area (Å²) in [5.41, 5.74) is -0.983. The number of rotatable bonds is 7. The maximum atomic E-state index is 13.2. The quantitative estimate of drug-likeness (QED) is 0.121. The van der Waals surface area contributed by atoms with Gasteiger partial charge in [0.25, 0.3) is 0 Å². The SMILES string of the molecule is [CH-]=C(NC(=O)Nc1cc(N=C([O-])Cc2ccccc2)cc(C(F)(F)F)c1)O[N]=[Ni].[CH2-]C1CCCNC1. The predicted molar refractivity (Wildman–Crippen MR) is 123 cm³/mol. The van der Waals surface area contributed by atoms with Crippen LogP contribution in [0, 0.1) is 19.4 Å². The van der Waals surface area contributed by atoms with E-state index in [4.69, 9.17) is 6.58 Å². The Hall–Kier alpha value is -3.24. The van der Waals surface area contributed by atoms with Crippen LogP contribution < -0.4 is 21.1 Å². The smallest absolute Gasteiger partial charge is 0.00507 e. The molecule has 36 heavy (non-hydrogen) atoms. The van der Waals surface area contributed by atoms with Crippen LogP contribution in [0.4, 0.5) is 29.3 Å². The molecule has 0 aromatic heterocycles. The molecule has 1 saturated heterocycles. The van der Waals surface area contributed by atoms with E-state index in [0.717, 1.165) is 12.6 Å². The normalized spacial score (nSPS) is 15.7. The van der Waals surface area contributed by atoms with Crippen LogP contribution in [0.25, 0.3) is 0 Å². The van der Waals surface area contributed by atoms with Crippen LogP contribution in [-0.4, -0.2) is 25.0 Å². The summed E-state index contributed by atoms with van der Waals surface area (Å²) >= 11 is 3.85. The second-order valence-electron chi connectivity index (χ2n) is 7.74. The van der Waals surface area contributed by atoms with Crippen molar-refractivity contribution in [3.63, 3.8) is 0 Å². The van der Waals surface area contributed by atoms with Crippen molar-refractivity contribution in [3.05, 3.63) is 79.0 Å². The van der Waals surface area contributed by atoms with Crippen molar-refractivity contribution in [2.75, 3.05) is 18.4 Å². The van der Waals surface area contributed by atoms with Crippen LogP contribution in [0.2, 0.25) is 0 Å². The van der Waals surface area contributed by atoms with Gasteiger partial charge in [0, 0.05) is 0 Å². The van der Waals surface area contributed by atoms with E-state index >= 15 is 0 Å². The molecule has 3 N–H and O–H groups in total. The van der Waals surface area contributed by atoms with Crippen LogP contribution >= 0.6 is 0 Å². The van der Waals surface area contributed by atoms with Gasteiger partial charge in [-0.2, -0.15) is 5.92 Å². The molecule has 0 aliphatic carbocycles. The summed E-state index contributed by atoms with van der Waals surface area (Å²) in [5, 5.41) is 19.5. The van der Waals surface area contributed by atoms with E-state index in [-0.39, 0.29) is 17.8 Å². The van der Waals surface area contributed by atoms with Gasteiger partial charge >= 0.3 is 135 Å². The Morgan fingerprint density at radius 3 is 2.56 bits per heavy atom. The Kier molecular flexibility index (Phi) is 11.6. The fourth-order valence-electron chi connectivity index (χ4n) is 3.12. The maximum Gasteiger partial charge on any atom is -0.00507 e. The molecule has 2 aromatic rings. The number of carbonyl (C=O) groups excluding carboxylic acids is 1. The van der Waals surface area contributed by atoms with Gasteiger partial charge in [-0.1, -0.05) is 36.8 Å². The van der Waals surface area contributed by atoms with E-state index < -0.39 is 29.6 Å². The molecule has 1 aliphatic rings. The number of aliphatic imine (C=N–C) groups is 1. The molecule has 1 unspecified atom stereocenters. The molecule has 0 radical (unpaired) electrons. The third-order valence-electron chi connectivity index (χ3n) is 4.72. The minimum absolute atomic E-state index is 0.0886. The Bertz CT molecular complexity index is 1060. The van der Waals surface area contributed by atoms with Crippen molar-refractivity contribution in [1.29, 1.82) is 0 Å². The van der Waals surface area contributed by atoms with Crippen LogP contribution in [0.15, 0.2) is 63.6 Å². The van der Waals surface area contributed by atoms with E-state index in [0.29, 0.717) is 23.6 Å². The minimum Gasteiger partial charge on any atom is -0.339 e. The number of hydrogen-bond donors (Lipinski definition) is 3. The van der Waals surface area contributed by atoms with Gasteiger partial charge in [0.2, 0.25) is 0 Å². The third-order valence-corrected chi connectivity index (χ3v) is 4.81. The topological polar surface area (TPSA) is 110 Å². The molecule has 1 heterocycles. The summed E-state index contributed by atoms with van der Waals surface area (Å²) in [6.07, 6.45) is -2.19. The number of amides is 2. The minimum atomic E-state index is -4.72. The number of anilines is 1. The van der Waals surface area contributed by atoms with Gasteiger partial charge in [-0.3, -0.25) is 0 Å². The number of piperidine rings is 1. The summed E-state index contributed by atoms with van der Waals surface area (Å²) in [4.78, 5) is 19.8. The maximum absolute atomic E-state index is 13.2. The van der Waals surface area contributed by atoms with E-state index in [1.54, 1.807) is 30.3 Å². The van der Waals surface area contributed by atoms with Crippen molar-refractivity contribution >= 4 is 23.3 Å². The molecule has 3 rings (SSSR count). The van der Waals surface area contributed by atoms with Crippen molar-refractivity contribution in [1.82, 2.24) is 10.6 Å². The number of carbonyl (C=O) groups is 1. The molecular weight excluding hydrogens is 522 g/mol. The second-order valence-corrected chi connectivity index (χ2v) is 7.92. The molecule has 12 heteroatoms. The molecule has 1 atom stereocenters. The van der Waals surface area contributed by atoms with Gasteiger partial charge in [-0.15, -0.1) is 0 Å². The number of urea groups is 1. The predicted octanol–water partition coefficient (Wildman–Crippen LogP) is 4.22. The Morgan fingerprint density at radius 2 is 2.00 bits per heavy atom. The molecule has 0 bridgehead atoms. The van der Waals surface area contributed by atoms with Crippen LogP contribution in [0.1, 0.15) is 24.0 Å². The first-order valence-electron chi connectivity index (χ1n) is 10.8. The summed E-state index contributed by atoms with van der Waals surface area (Å²) < 4.78 is 42.3. The van der Waals surface area contributed by atoms with E-state index in [9.17, 15) is 23.1 Å². The van der Waals surface area contributed by atoms with Crippen LogP contribution in [0.5, 0.6) is 0 Å². The molecule has 8 nitrogen and oxygen atoms in total. The zero-order valence-electron chi connectivity index (χ0n) is 19.1. The molecule has 1 fully saturated rings. The van der Waals surface area contributed by atoms with Crippen molar-refractivity contribution in [2.45, 2.75) is 25.4 Å². The van der Waals surface area contributed by atoms with Gasteiger partial charge in [0.15, 0.2) is 0 Å². The van der Waals surface area contributed by atoms with E-state index in [1.165, 1.54) is 19.4 Å². The van der Waals surface area contributed by atoms with Crippen molar-refractivity contribution in [3.8, 4) is 0 Å². The average molecular weight is 547 g/mol. The fourth-order valence-corrected chi connectivity index (χ4v) is 3.21. The number of alkyl halides is 3. The summed E-state index contributed by atoms with van der Waals surface area (Å²) in [7, 11) is 0. The largest absolute Gasteiger partial charge is 0.339 e. The first-order valence-corrected chi connectivity index (χ1v) is 11.2. The van der Waals surface area contributed by atoms with Crippen LogP contribution in [0.3, 0.4) is 0 Å². The molecule has 198 valence electrons.